The van der Waals surface area contributed by atoms with Crippen LogP contribution in [0.5, 0.6) is 0 Å². The quantitative estimate of drug-likeness (QED) is 0.505. The van der Waals surface area contributed by atoms with Gasteiger partial charge in [0, 0.05) is 25.7 Å². The smallest absolute Gasteiger partial charge is 0.244 e. The molecule has 3 aromatic rings. The van der Waals surface area contributed by atoms with Crippen LogP contribution in [-0.2, 0) is 32.6 Å². The molecule has 0 aliphatic carbocycles. The van der Waals surface area contributed by atoms with Crippen LogP contribution in [0.25, 0.3) is 6.08 Å². The molecule has 1 saturated heterocycles. The van der Waals surface area contributed by atoms with Crippen molar-refractivity contribution in [2.24, 2.45) is 0 Å². The second-order valence-corrected chi connectivity index (χ2v) is 9.48. The van der Waals surface area contributed by atoms with Crippen LogP contribution in [0.2, 0.25) is 0 Å². The topological polar surface area (TPSA) is 106 Å². The van der Waals surface area contributed by atoms with Gasteiger partial charge in [0.1, 0.15) is 5.69 Å². The van der Waals surface area contributed by atoms with Gasteiger partial charge in [0.25, 0.3) is 0 Å². The molecule has 1 N–H and O–H groups in total. The number of carbonyl (C=O) groups is 1. The minimum Gasteiger partial charge on any atom is -0.379 e. The number of morpholine rings is 1. The summed E-state index contributed by atoms with van der Waals surface area (Å²) in [4.78, 5) is 12.4. The van der Waals surface area contributed by atoms with Gasteiger partial charge in [0.05, 0.1) is 30.9 Å². The highest BCUT2D eigenvalue weighted by Gasteiger charge is 2.26. The van der Waals surface area contributed by atoms with E-state index in [1.165, 1.54) is 10.4 Å². The lowest BCUT2D eigenvalue weighted by Gasteiger charge is -2.26. The highest BCUT2D eigenvalue weighted by Crippen LogP contribution is 2.17. The van der Waals surface area contributed by atoms with Crippen LogP contribution < -0.4 is 5.32 Å². The van der Waals surface area contributed by atoms with Crippen molar-refractivity contribution in [1.82, 2.24) is 24.6 Å². The predicted octanol–water partition coefficient (Wildman–Crippen LogP) is 1.68. The number of sulfonamides is 1. The summed E-state index contributed by atoms with van der Waals surface area (Å²) in [5.41, 5.74) is 2.49. The number of aromatic nitrogens is 3. The second-order valence-electron chi connectivity index (χ2n) is 7.54. The molecule has 0 unspecified atom stereocenters. The van der Waals surface area contributed by atoms with Gasteiger partial charge in [-0.05, 0) is 29.3 Å². The van der Waals surface area contributed by atoms with E-state index in [4.69, 9.17) is 4.74 Å². The zero-order chi connectivity index (χ0) is 23.1. The third-order valence-electron chi connectivity index (χ3n) is 5.15. The molecule has 4 rings (SSSR count). The van der Waals surface area contributed by atoms with Crippen LogP contribution in [0, 0.1) is 0 Å². The Morgan fingerprint density at radius 1 is 1.03 bits per heavy atom. The Morgan fingerprint density at radius 2 is 1.76 bits per heavy atom. The van der Waals surface area contributed by atoms with E-state index in [1.54, 1.807) is 41.2 Å². The summed E-state index contributed by atoms with van der Waals surface area (Å²) >= 11 is 0. The molecule has 2 heterocycles. The lowest BCUT2D eigenvalue weighted by molar-refractivity contribution is -0.116. The van der Waals surface area contributed by atoms with Crippen LogP contribution in [0.3, 0.4) is 0 Å². The Labute approximate surface area is 192 Å². The maximum Gasteiger partial charge on any atom is 0.244 e. The maximum absolute atomic E-state index is 12.7. The van der Waals surface area contributed by atoms with Gasteiger partial charge < -0.3 is 10.1 Å². The fourth-order valence-electron chi connectivity index (χ4n) is 3.36. The molecule has 1 aliphatic rings. The Balaban J connectivity index is 1.28. The highest BCUT2D eigenvalue weighted by molar-refractivity contribution is 7.89. The maximum atomic E-state index is 12.7. The first kappa shape index (κ1) is 22.8. The Bertz CT molecular complexity index is 1200. The van der Waals surface area contributed by atoms with E-state index in [9.17, 15) is 13.2 Å². The van der Waals surface area contributed by atoms with Crippen molar-refractivity contribution in [2.45, 2.75) is 18.0 Å². The normalized spacial score (nSPS) is 15.0. The summed E-state index contributed by atoms with van der Waals surface area (Å²) < 4.78 is 33.7. The number of carbonyl (C=O) groups excluding carboxylic acids is 1. The van der Waals surface area contributed by atoms with Gasteiger partial charge in [-0.2, -0.15) is 4.31 Å². The van der Waals surface area contributed by atoms with Crippen LogP contribution in [0.4, 0.5) is 0 Å². The molecule has 1 amide bonds. The fourth-order valence-corrected chi connectivity index (χ4v) is 4.77. The van der Waals surface area contributed by atoms with Crippen LogP contribution in [0.1, 0.15) is 16.8 Å². The summed E-state index contributed by atoms with van der Waals surface area (Å²) in [5, 5.41) is 10.9. The largest absolute Gasteiger partial charge is 0.379 e. The molecule has 0 bridgehead atoms. The molecule has 0 atom stereocenters. The standard InChI is InChI=1S/C23H25N5O4S/c29-23(11-8-21-18-27(26-25-21)17-20-4-2-1-3-5-20)24-16-19-6-9-22(10-7-19)33(30,31)28-12-14-32-15-13-28/h1-11,18H,12-17H2,(H,24,29)/b11-8+. The molecule has 172 valence electrons. The predicted molar refractivity (Wildman–Crippen MR) is 122 cm³/mol. The van der Waals surface area contributed by atoms with Gasteiger partial charge in [-0.3, -0.25) is 4.79 Å². The van der Waals surface area contributed by atoms with Crippen molar-refractivity contribution in [1.29, 1.82) is 0 Å². The van der Waals surface area contributed by atoms with E-state index < -0.39 is 10.0 Å². The molecule has 1 fully saturated rings. The number of amides is 1. The monoisotopic (exact) mass is 467 g/mol. The highest BCUT2D eigenvalue weighted by atomic mass is 32.2. The van der Waals surface area contributed by atoms with Crippen LogP contribution in [-0.4, -0.2) is 59.9 Å². The first-order valence-electron chi connectivity index (χ1n) is 10.6. The zero-order valence-corrected chi connectivity index (χ0v) is 18.8. The Morgan fingerprint density at radius 3 is 2.48 bits per heavy atom. The average Bonchev–Trinajstić information content (AvgIpc) is 3.30. The molecule has 10 heteroatoms. The zero-order valence-electron chi connectivity index (χ0n) is 18.0. The number of benzene rings is 2. The molecule has 1 aliphatic heterocycles. The molecule has 0 saturated carbocycles. The van der Waals surface area contributed by atoms with Gasteiger partial charge >= 0.3 is 0 Å². The molecule has 0 spiro atoms. The SMILES string of the molecule is O=C(/C=C/c1cn(Cc2ccccc2)nn1)NCc1ccc(S(=O)(=O)N2CCOCC2)cc1. The third-order valence-corrected chi connectivity index (χ3v) is 7.06. The summed E-state index contributed by atoms with van der Waals surface area (Å²) in [6, 6.07) is 16.4. The number of hydrogen-bond donors (Lipinski definition) is 1. The second kappa shape index (κ2) is 10.5. The van der Waals surface area contributed by atoms with E-state index in [0.29, 0.717) is 38.5 Å². The summed E-state index contributed by atoms with van der Waals surface area (Å²) in [6.07, 6.45) is 4.76. The van der Waals surface area contributed by atoms with E-state index >= 15 is 0 Å². The van der Waals surface area contributed by atoms with Crippen molar-refractivity contribution in [2.75, 3.05) is 26.3 Å². The third kappa shape index (κ3) is 6.13. The first-order valence-corrected chi connectivity index (χ1v) is 12.0. The van der Waals surface area contributed by atoms with Crippen LogP contribution >= 0.6 is 0 Å². The van der Waals surface area contributed by atoms with Gasteiger partial charge in [-0.1, -0.05) is 47.7 Å². The molecular weight excluding hydrogens is 442 g/mol. The van der Waals surface area contributed by atoms with Gasteiger partial charge in [0.15, 0.2) is 0 Å². The minimum absolute atomic E-state index is 0.234. The Hall–Kier alpha value is -3.34. The summed E-state index contributed by atoms with van der Waals surface area (Å²) in [5.74, 6) is -0.280. The summed E-state index contributed by atoms with van der Waals surface area (Å²) in [7, 11) is -3.53. The Kier molecular flexibility index (Phi) is 7.28. The van der Waals surface area contributed by atoms with Crippen molar-refractivity contribution in [3.63, 3.8) is 0 Å². The first-order chi connectivity index (χ1) is 16.0. The number of hydrogen-bond acceptors (Lipinski definition) is 6. The molecule has 1 aromatic heterocycles. The van der Waals surface area contributed by atoms with Crippen molar-refractivity contribution < 1.29 is 17.9 Å². The minimum atomic E-state index is -3.53. The van der Waals surface area contributed by atoms with Crippen molar-refractivity contribution in [3.8, 4) is 0 Å². The average molecular weight is 468 g/mol. The van der Waals surface area contributed by atoms with E-state index in [1.807, 2.05) is 30.3 Å². The number of nitrogens with one attached hydrogen (secondary N) is 1. The van der Waals surface area contributed by atoms with Crippen molar-refractivity contribution >= 4 is 22.0 Å². The molecule has 33 heavy (non-hydrogen) atoms. The van der Waals surface area contributed by atoms with Gasteiger partial charge in [-0.25, -0.2) is 13.1 Å². The molecule has 9 nitrogen and oxygen atoms in total. The number of rotatable bonds is 8. The lowest BCUT2D eigenvalue weighted by Crippen LogP contribution is -2.40. The number of ether oxygens (including phenoxy) is 1. The van der Waals surface area contributed by atoms with Gasteiger partial charge in [-0.15, -0.1) is 5.10 Å². The van der Waals surface area contributed by atoms with Crippen molar-refractivity contribution in [3.05, 3.63) is 83.7 Å². The fraction of sp³-hybridized carbons (Fsp3) is 0.261. The molecular formula is C23H25N5O4S. The van der Waals surface area contributed by atoms with Crippen LogP contribution in [0.15, 0.2) is 71.8 Å². The number of nitrogens with zero attached hydrogens (tertiary/aromatic N) is 4. The van der Waals surface area contributed by atoms with Gasteiger partial charge in [0.2, 0.25) is 15.9 Å². The van der Waals surface area contributed by atoms with E-state index in [-0.39, 0.29) is 17.3 Å². The van der Waals surface area contributed by atoms with E-state index in [2.05, 4.69) is 15.6 Å². The molecule has 0 radical (unpaired) electrons. The lowest BCUT2D eigenvalue weighted by atomic mass is 10.2. The van der Waals surface area contributed by atoms with E-state index in [0.717, 1.165) is 11.1 Å². The molecule has 2 aromatic carbocycles. The summed E-state index contributed by atoms with van der Waals surface area (Å²) in [6.45, 7) is 2.40.